The van der Waals surface area contributed by atoms with Crippen molar-refractivity contribution in [2.45, 2.75) is 26.7 Å². The van der Waals surface area contributed by atoms with E-state index in [2.05, 4.69) is 19.2 Å². The normalized spacial score (nSPS) is 13.5. The maximum atomic E-state index is 5.34. The molecule has 3 N–H and O–H groups in total. The van der Waals surface area contributed by atoms with Gasteiger partial charge in [0.1, 0.15) is 0 Å². The average Bonchev–Trinajstić information content (AvgIpc) is 1.98. The molecule has 0 aromatic carbocycles. The Labute approximate surface area is 64.2 Å². The van der Waals surface area contributed by atoms with E-state index in [1.807, 2.05) is 0 Å². The van der Waals surface area contributed by atoms with E-state index in [1.165, 1.54) is 6.42 Å². The smallest absolute Gasteiger partial charge is 0.00232 e. The highest BCUT2D eigenvalue weighted by Gasteiger charge is 1.95. The Bertz CT molecular complexity index is 64.3. The van der Waals surface area contributed by atoms with Gasteiger partial charge in [0.2, 0.25) is 0 Å². The fourth-order valence-corrected chi connectivity index (χ4v) is 0.720. The van der Waals surface area contributed by atoms with Crippen molar-refractivity contribution >= 4 is 0 Å². The summed E-state index contributed by atoms with van der Waals surface area (Å²) in [5.74, 6) is 0.803. The number of rotatable bonds is 6. The number of nitrogens with one attached hydrogen (secondary N) is 1. The summed E-state index contributed by atoms with van der Waals surface area (Å²) in [4.78, 5) is 0. The van der Waals surface area contributed by atoms with Gasteiger partial charge in [-0.3, -0.25) is 0 Å². The third kappa shape index (κ3) is 6.05. The lowest BCUT2D eigenvalue weighted by atomic mass is 10.1. The Morgan fingerprint density at radius 3 is 2.70 bits per heavy atom. The van der Waals surface area contributed by atoms with E-state index in [0.717, 1.165) is 32.0 Å². The van der Waals surface area contributed by atoms with Crippen LogP contribution in [0.1, 0.15) is 26.7 Å². The first-order valence-electron chi connectivity index (χ1n) is 4.22. The second-order valence-corrected chi connectivity index (χ2v) is 2.86. The Balaban J connectivity index is 2.89. The molecule has 0 saturated heterocycles. The molecule has 0 aliphatic rings. The summed E-state index contributed by atoms with van der Waals surface area (Å²) < 4.78 is 0. The van der Waals surface area contributed by atoms with E-state index >= 15 is 0 Å². The van der Waals surface area contributed by atoms with Gasteiger partial charge in [0.25, 0.3) is 0 Å². The molecule has 0 aliphatic carbocycles. The van der Waals surface area contributed by atoms with Gasteiger partial charge in [0.05, 0.1) is 0 Å². The standard InChI is InChI=1S/C8H20N2/c1-3-8(2)7-10-6-4-5-9/h8,10H,3-7,9H2,1-2H3. The number of hydrogen-bond acceptors (Lipinski definition) is 2. The molecule has 2 heteroatoms. The second-order valence-electron chi connectivity index (χ2n) is 2.86. The zero-order valence-corrected chi connectivity index (χ0v) is 7.19. The molecule has 0 saturated carbocycles. The highest BCUT2D eigenvalue weighted by molar-refractivity contribution is 4.54. The van der Waals surface area contributed by atoms with Crippen molar-refractivity contribution < 1.29 is 0 Å². The Hall–Kier alpha value is -0.0800. The molecule has 0 heterocycles. The van der Waals surface area contributed by atoms with Crippen LogP contribution in [0.15, 0.2) is 0 Å². The van der Waals surface area contributed by atoms with E-state index in [-0.39, 0.29) is 0 Å². The van der Waals surface area contributed by atoms with Crippen LogP contribution >= 0.6 is 0 Å². The quantitative estimate of drug-likeness (QED) is 0.545. The number of hydrogen-bond donors (Lipinski definition) is 2. The third-order valence-electron chi connectivity index (χ3n) is 1.75. The maximum absolute atomic E-state index is 5.34. The molecule has 0 aromatic heterocycles. The van der Waals surface area contributed by atoms with Crippen LogP contribution in [0.25, 0.3) is 0 Å². The largest absolute Gasteiger partial charge is 0.330 e. The fraction of sp³-hybridized carbons (Fsp3) is 1.00. The van der Waals surface area contributed by atoms with E-state index in [1.54, 1.807) is 0 Å². The van der Waals surface area contributed by atoms with Crippen molar-refractivity contribution in [3.63, 3.8) is 0 Å². The van der Waals surface area contributed by atoms with Crippen LogP contribution in [0.2, 0.25) is 0 Å². The molecule has 0 fully saturated rings. The van der Waals surface area contributed by atoms with Crippen LogP contribution in [-0.4, -0.2) is 19.6 Å². The van der Waals surface area contributed by atoms with Gasteiger partial charge in [-0.05, 0) is 32.0 Å². The summed E-state index contributed by atoms with van der Waals surface area (Å²) in [6.45, 7) is 7.48. The summed E-state index contributed by atoms with van der Waals surface area (Å²) in [5.41, 5.74) is 5.34. The summed E-state index contributed by atoms with van der Waals surface area (Å²) >= 11 is 0. The van der Waals surface area contributed by atoms with Crippen LogP contribution in [0.5, 0.6) is 0 Å². The highest BCUT2D eigenvalue weighted by atomic mass is 14.9. The Morgan fingerprint density at radius 1 is 1.50 bits per heavy atom. The maximum Gasteiger partial charge on any atom is -0.00232 e. The molecule has 0 amide bonds. The molecule has 0 aromatic rings. The van der Waals surface area contributed by atoms with Gasteiger partial charge >= 0.3 is 0 Å². The van der Waals surface area contributed by atoms with Gasteiger partial charge in [-0.2, -0.15) is 0 Å². The lowest BCUT2D eigenvalue weighted by Crippen LogP contribution is -2.23. The van der Waals surface area contributed by atoms with Gasteiger partial charge < -0.3 is 11.1 Å². The fourth-order valence-electron chi connectivity index (χ4n) is 0.720. The Kier molecular flexibility index (Phi) is 6.98. The first-order valence-corrected chi connectivity index (χ1v) is 4.22. The van der Waals surface area contributed by atoms with E-state index < -0.39 is 0 Å². The molecule has 0 spiro atoms. The van der Waals surface area contributed by atoms with Crippen molar-refractivity contribution in [3.8, 4) is 0 Å². The minimum absolute atomic E-state index is 0.799. The molecule has 0 radical (unpaired) electrons. The van der Waals surface area contributed by atoms with Crippen molar-refractivity contribution in [2.24, 2.45) is 11.7 Å². The van der Waals surface area contributed by atoms with Crippen molar-refractivity contribution in [1.82, 2.24) is 5.32 Å². The topological polar surface area (TPSA) is 38.0 Å². The summed E-state index contributed by atoms with van der Waals surface area (Å²) in [7, 11) is 0. The first kappa shape index (κ1) is 9.92. The SMILES string of the molecule is CCC(C)CNCCCN. The summed E-state index contributed by atoms with van der Waals surface area (Å²) in [5, 5.41) is 3.36. The zero-order chi connectivity index (χ0) is 7.82. The highest BCUT2D eigenvalue weighted by Crippen LogP contribution is 1.96. The third-order valence-corrected chi connectivity index (χ3v) is 1.75. The van der Waals surface area contributed by atoms with Crippen LogP contribution in [-0.2, 0) is 0 Å². The van der Waals surface area contributed by atoms with E-state index in [9.17, 15) is 0 Å². The predicted octanol–water partition coefficient (Wildman–Crippen LogP) is 0.971. The van der Waals surface area contributed by atoms with Crippen molar-refractivity contribution in [1.29, 1.82) is 0 Å². The first-order chi connectivity index (χ1) is 4.81. The molecule has 2 nitrogen and oxygen atoms in total. The van der Waals surface area contributed by atoms with Crippen molar-refractivity contribution in [3.05, 3.63) is 0 Å². The molecule has 1 unspecified atom stereocenters. The number of nitrogens with two attached hydrogens (primary N) is 1. The second kappa shape index (κ2) is 7.03. The van der Waals surface area contributed by atoms with Gasteiger partial charge in [0, 0.05) is 0 Å². The lowest BCUT2D eigenvalue weighted by Gasteiger charge is -2.08. The molecule has 0 rings (SSSR count). The van der Waals surface area contributed by atoms with Gasteiger partial charge in [0.15, 0.2) is 0 Å². The van der Waals surface area contributed by atoms with Crippen LogP contribution in [0, 0.1) is 5.92 Å². The molecular weight excluding hydrogens is 124 g/mol. The molecular formula is C8H20N2. The van der Waals surface area contributed by atoms with Gasteiger partial charge in [-0.15, -0.1) is 0 Å². The molecule has 1 atom stereocenters. The predicted molar refractivity (Wildman–Crippen MR) is 46.0 cm³/mol. The van der Waals surface area contributed by atoms with Gasteiger partial charge in [-0.1, -0.05) is 20.3 Å². The van der Waals surface area contributed by atoms with Crippen LogP contribution in [0.4, 0.5) is 0 Å². The molecule has 10 heavy (non-hydrogen) atoms. The van der Waals surface area contributed by atoms with Crippen LogP contribution in [0.3, 0.4) is 0 Å². The average molecular weight is 144 g/mol. The molecule has 0 bridgehead atoms. The van der Waals surface area contributed by atoms with Crippen molar-refractivity contribution in [2.75, 3.05) is 19.6 Å². The van der Waals surface area contributed by atoms with Gasteiger partial charge in [-0.25, -0.2) is 0 Å². The summed E-state index contributed by atoms with van der Waals surface area (Å²) in [6, 6.07) is 0. The molecule has 0 aliphatic heterocycles. The minimum Gasteiger partial charge on any atom is -0.330 e. The molecule has 62 valence electrons. The van der Waals surface area contributed by atoms with Crippen LogP contribution < -0.4 is 11.1 Å². The van der Waals surface area contributed by atoms with E-state index in [0.29, 0.717) is 0 Å². The minimum atomic E-state index is 0.799. The monoisotopic (exact) mass is 144 g/mol. The summed E-state index contributed by atoms with van der Waals surface area (Å²) in [6.07, 6.45) is 2.35. The lowest BCUT2D eigenvalue weighted by molar-refractivity contribution is 0.497. The zero-order valence-electron chi connectivity index (χ0n) is 7.19. The van der Waals surface area contributed by atoms with E-state index in [4.69, 9.17) is 5.73 Å². The Morgan fingerprint density at radius 2 is 2.20 bits per heavy atom.